The number of hydrogen-bond acceptors (Lipinski definition) is 0. The van der Waals surface area contributed by atoms with Crippen LogP contribution in [0.5, 0.6) is 0 Å². The standard InChI is InChI=1S/C6H10ClF/c1-2-3-4-5-6(7)8/h5H,2-4H2,1H3/b6-5-. The van der Waals surface area contributed by atoms with Crippen LogP contribution in [0.25, 0.3) is 0 Å². The normalized spacial score (nSPS) is 12.1. The highest BCUT2D eigenvalue weighted by Gasteiger charge is 1.83. The van der Waals surface area contributed by atoms with Crippen molar-refractivity contribution in [2.24, 2.45) is 0 Å². The van der Waals surface area contributed by atoms with Gasteiger partial charge < -0.3 is 0 Å². The molecule has 0 aliphatic carbocycles. The third-order valence-electron chi connectivity index (χ3n) is 0.856. The van der Waals surface area contributed by atoms with E-state index in [2.05, 4.69) is 6.92 Å². The number of unbranched alkanes of at least 4 members (excludes halogenated alkanes) is 2. The van der Waals surface area contributed by atoms with Crippen molar-refractivity contribution in [3.05, 3.63) is 11.4 Å². The molecule has 8 heavy (non-hydrogen) atoms. The van der Waals surface area contributed by atoms with Crippen LogP contribution in [-0.2, 0) is 0 Å². The van der Waals surface area contributed by atoms with Crippen molar-refractivity contribution in [2.45, 2.75) is 26.2 Å². The first-order valence-electron chi connectivity index (χ1n) is 2.78. The Morgan fingerprint density at radius 1 is 1.75 bits per heavy atom. The third kappa shape index (κ3) is 5.96. The number of hydrogen-bond donors (Lipinski definition) is 0. The zero-order chi connectivity index (χ0) is 6.41. The summed E-state index contributed by atoms with van der Waals surface area (Å²) in [5.41, 5.74) is 0. The predicted molar refractivity (Wildman–Crippen MR) is 34.6 cm³/mol. The van der Waals surface area contributed by atoms with E-state index in [0.29, 0.717) is 0 Å². The van der Waals surface area contributed by atoms with Gasteiger partial charge in [0, 0.05) is 0 Å². The molecule has 0 fully saturated rings. The van der Waals surface area contributed by atoms with E-state index in [1.807, 2.05) is 0 Å². The van der Waals surface area contributed by atoms with Crippen molar-refractivity contribution in [3.63, 3.8) is 0 Å². The van der Waals surface area contributed by atoms with Crippen molar-refractivity contribution in [3.8, 4) is 0 Å². The first-order valence-corrected chi connectivity index (χ1v) is 3.16. The van der Waals surface area contributed by atoms with Gasteiger partial charge in [0.1, 0.15) is 0 Å². The van der Waals surface area contributed by atoms with Crippen LogP contribution in [0.15, 0.2) is 11.4 Å². The van der Waals surface area contributed by atoms with Gasteiger partial charge in [0.05, 0.1) is 0 Å². The minimum absolute atomic E-state index is 0.585. The highest BCUT2D eigenvalue weighted by Crippen LogP contribution is 2.05. The highest BCUT2D eigenvalue weighted by molar-refractivity contribution is 6.28. The SMILES string of the molecule is CCCC/C=C(\F)Cl. The van der Waals surface area contributed by atoms with Crippen LogP contribution in [0.1, 0.15) is 26.2 Å². The van der Waals surface area contributed by atoms with Crippen LogP contribution in [0.2, 0.25) is 0 Å². The maximum absolute atomic E-state index is 11.7. The minimum atomic E-state index is -0.585. The summed E-state index contributed by atoms with van der Waals surface area (Å²) in [6, 6.07) is 0. The van der Waals surface area contributed by atoms with Crippen molar-refractivity contribution in [1.82, 2.24) is 0 Å². The summed E-state index contributed by atoms with van der Waals surface area (Å²) >= 11 is 4.91. The van der Waals surface area contributed by atoms with Gasteiger partial charge in [0.25, 0.3) is 0 Å². The van der Waals surface area contributed by atoms with Gasteiger partial charge in [-0.05, 0) is 18.9 Å². The van der Waals surface area contributed by atoms with Crippen molar-refractivity contribution in [2.75, 3.05) is 0 Å². The van der Waals surface area contributed by atoms with Gasteiger partial charge in [-0.3, -0.25) is 0 Å². The van der Waals surface area contributed by atoms with E-state index in [-0.39, 0.29) is 0 Å². The van der Waals surface area contributed by atoms with Crippen LogP contribution >= 0.6 is 11.6 Å². The molecule has 0 heterocycles. The molecule has 0 rings (SSSR count). The second kappa shape index (κ2) is 5.10. The zero-order valence-electron chi connectivity index (χ0n) is 4.95. The molecule has 0 saturated carbocycles. The second-order valence-electron chi connectivity index (χ2n) is 1.64. The molecule has 0 bridgehead atoms. The molecule has 48 valence electrons. The summed E-state index contributed by atoms with van der Waals surface area (Å²) in [6.07, 6.45) is 4.25. The van der Waals surface area contributed by atoms with Gasteiger partial charge in [-0.15, -0.1) is 0 Å². The Morgan fingerprint density at radius 2 is 2.38 bits per heavy atom. The lowest BCUT2D eigenvalue weighted by molar-refractivity contribution is 0.681. The second-order valence-corrected chi connectivity index (χ2v) is 2.00. The highest BCUT2D eigenvalue weighted by atomic mass is 35.5. The molecular weight excluding hydrogens is 127 g/mol. The van der Waals surface area contributed by atoms with E-state index in [1.54, 1.807) is 0 Å². The summed E-state index contributed by atoms with van der Waals surface area (Å²) in [4.78, 5) is 0. The first-order chi connectivity index (χ1) is 3.77. The Kier molecular flexibility index (Phi) is 5.08. The van der Waals surface area contributed by atoms with Crippen LogP contribution in [0.4, 0.5) is 4.39 Å². The molecule has 0 amide bonds. The van der Waals surface area contributed by atoms with Gasteiger partial charge in [0.15, 0.2) is 5.29 Å². The molecule has 2 heteroatoms. The maximum Gasteiger partial charge on any atom is 0.185 e. The predicted octanol–water partition coefficient (Wildman–Crippen LogP) is 3.23. The first kappa shape index (κ1) is 7.96. The van der Waals surface area contributed by atoms with Gasteiger partial charge in [-0.25, -0.2) is 0 Å². The number of allylic oxidation sites excluding steroid dienone is 1. The lowest BCUT2D eigenvalue weighted by Crippen LogP contribution is -1.65. The summed E-state index contributed by atoms with van der Waals surface area (Å²) in [7, 11) is 0. The van der Waals surface area contributed by atoms with Crippen molar-refractivity contribution >= 4 is 11.6 Å². The summed E-state index contributed by atoms with van der Waals surface area (Å²) in [6.45, 7) is 2.06. The summed E-state index contributed by atoms with van der Waals surface area (Å²) < 4.78 is 11.7. The Bertz CT molecular complexity index is 74.6. The fraction of sp³-hybridized carbons (Fsp3) is 0.667. The van der Waals surface area contributed by atoms with Crippen molar-refractivity contribution < 1.29 is 4.39 Å². The fourth-order valence-corrected chi connectivity index (χ4v) is 0.524. The van der Waals surface area contributed by atoms with Gasteiger partial charge >= 0.3 is 0 Å². The third-order valence-corrected chi connectivity index (χ3v) is 1.01. The van der Waals surface area contributed by atoms with Gasteiger partial charge in [-0.1, -0.05) is 24.9 Å². The zero-order valence-corrected chi connectivity index (χ0v) is 5.71. The Hall–Kier alpha value is -0.0400. The van der Waals surface area contributed by atoms with Gasteiger partial charge in [-0.2, -0.15) is 4.39 Å². The van der Waals surface area contributed by atoms with Crippen molar-refractivity contribution in [1.29, 1.82) is 0 Å². The Balaban J connectivity index is 3.03. The Morgan fingerprint density at radius 3 is 2.75 bits per heavy atom. The summed E-state index contributed by atoms with van der Waals surface area (Å²) in [5, 5.41) is -0.585. The topological polar surface area (TPSA) is 0 Å². The van der Waals surface area contributed by atoms with E-state index in [9.17, 15) is 4.39 Å². The quantitative estimate of drug-likeness (QED) is 0.523. The number of rotatable bonds is 3. The van der Waals surface area contributed by atoms with Gasteiger partial charge in [0.2, 0.25) is 0 Å². The van der Waals surface area contributed by atoms with Crippen LogP contribution in [-0.4, -0.2) is 0 Å². The molecule has 0 aromatic heterocycles. The molecular formula is C6H10ClF. The lowest BCUT2D eigenvalue weighted by atomic mass is 10.2. The van der Waals surface area contributed by atoms with E-state index in [1.165, 1.54) is 6.08 Å². The van der Waals surface area contributed by atoms with E-state index >= 15 is 0 Å². The molecule has 0 aliphatic heterocycles. The maximum atomic E-state index is 11.7. The molecule has 0 spiro atoms. The molecule has 0 unspecified atom stereocenters. The minimum Gasteiger partial charge on any atom is -0.194 e. The average Bonchev–Trinajstić information content (AvgIpc) is 1.66. The number of halogens is 2. The monoisotopic (exact) mass is 136 g/mol. The largest absolute Gasteiger partial charge is 0.194 e. The lowest BCUT2D eigenvalue weighted by Gasteiger charge is -1.85. The molecule has 0 nitrogen and oxygen atoms in total. The molecule has 0 atom stereocenters. The van der Waals surface area contributed by atoms with Crippen LogP contribution in [0, 0.1) is 0 Å². The average molecular weight is 137 g/mol. The van der Waals surface area contributed by atoms with Crippen LogP contribution in [0.3, 0.4) is 0 Å². The molecule has 0 aromatic carbocycles. The van der Waals surface area contributed by atoms with E-state index in [4.69, 9.17) is 11.6 Å². The smallest absolute Gasteiger partial charge is 0.185 e. The fourth-order valence-electron chi connectivity index (χ4n) is 0.415. The van der Waals surface area contributed by atoms with E-state index < -0.39 is 5.29 Å². The molecule has 0 saturated heterocycles. The van der Waals surface area contributed by atoms with E-state index in [0.717, 1.165) is 19.3 Å². The molecule has 0 radical (unpaired) electrons. The summed E-state index contributed by atoms with van der Waals surface area (Å²) in [5.74, 6) is 0. The molecule has 0 aromatic rings. The molecule has 0 aliphatic rings. The Labute approximate surface area is 54.3 Å². The van der Waals surface area contributed by atoms with Crippen LogP contribution < -0.4 is 0 Å². The molecule has 0 N–H and O–H groups in total.